The first kappa shape index (κ1) is 37.1. The SMILES string of the molecule is c1ccc(-c2cc(-c3ccccc3)nc(-c3cccc(-c4ccc(-c5cc6c(cc5-c5cccc7ccccc57)-c5ccccc5C65c6ccccc6-c6ccccc65)cc4)c3)n2)cc1. The number of benzene rings is 10. The molecule has 0 bridgehead atoms. The minimum Gasteiger partial charge on any atom is -0.228 e. The van der Waals surface area contributed by atoms with Crippen molar-refractivity contribution < 1.29 is 0 Å². The van der Waals surface area contributed by atoms with Crippen LogP contribution in [0.2, 0.25) is 0 Å². The van der Waals surface area contributed by atoms with Crippen LogP contribution in [0.4, 0.5) is 0 Å². The number of rotatable bonds is 6. The Morgan fingerprint density at radius 3 is 1.37 bits per heavy atom. The Kier molecular flexibility index (Phi) is 8.47. The molecule has 11 aromatic rings. The number of hydrogen-bond donors (Lipinski definition) is 0. The molecule has 2 aliphatic carbocycles. The van der Waals surface area contributed by atoms with Crippen molar-refractivity contribution >= 4 is 10.8 Å². The Morgan fingerprint density at radius 2 is 0.723 bits per heavy atom. The minimum atomic E-state index is -0.439. The van der Waals surface area contributed by atoms with E-state index in [0.717, 1.165) is 39.2 Å². The van der Waals surface area contributed by atoms with Crippen molar-refractivity contribution in [1.29, 1.82) is 0 Å². The first-order valence-electron chi connectivity index (χ1n) is 22.4. The second kappa shape index (κ2) is 14.8. The Hall–Kier alpha value is -8.46. The van der Waals surface area contributed by atoms with Gasteiger partial charge < -0.3 is 0 Å². The normalized spacial score (nSPS) is 12.7. The summed E-state index contributed by atoms with van der Waals surface area (Å²) in [5.41, 5.74) is 22.1. The summed E-state index contributed by atoms with van der Waals surface area (Å²) in [5, 5.41) is 2.48. The van der Waals surface area contributed by atoms with E-state index < -0.39 is 5.41 Å². The lowest BCUT2D eigenvalue weighted by atomic mass is 9.70. The van der Waals surface area contributed by atoms with E-state index in [-0.39, 0.29) is 0 Å². The van der Waals surface area contributed by atoms with Crippen molar-refractivity contribution in [2.45, 2.75) is 5.41 Å². The molecule has 0 fully saturated rings. The van der Waals surface area contributed by atoms with Gasteiger partial charge >= 0.3 is 0 Å². The fourth-order valence-corrected chi connectivity index (χ4v) is 10.8. The zero-order valence-electron chi connectivity index (χ0n) is 35.5. The fourth-order valence-electron chi connectivity index (χ4n) is 10.8. The van der Waals surface area contributed by atoms with E-state index in [1.807, 2.05) is 12.1 Å². The molecule has 13 rings (SSSR count). The molecule has 2 aliphatic rings. The Balaban J connectivity index is 0.979. The number of hydrogen-bond acceptors (Lipinski definition) is 2. The second-order valence-electron chi connectivity index (χ2n) is 17.2. The first-order valence-corrected chi connectivity index (χ1v) is 22.4. The van der Waals surface area contributed by atoms with Gasteiger partial charge in [0, 0.05) is 16.7 Å². The van der Waals surface area contributed by atoms with Gasteiger partial charge in [0.15, 0.2) is 5.82 Å². The van der Waals surface area contributed by atoms with Crippen LogP contribution in [0, 0.1) is 0 Å². The third kappa shape index (κ3) is 5.81. The van der Waals surface area contributed by atoms with Crippen molar-refractivity contribution in [3.63, 3.8) is 0 Å². The molecule has 0 unspecified atom stereocenters. The van der Waals surface area contributed by atoms with Gasteiger partial charge in [0.1, 0.15) is 0 Å². The van der Waals surface area contributed by atoms with Gasteiger partial charge in [-0.2, -0.15) is 0 Å². The van der Waals surface area contributed by atoms with Crippen molar-refractivity contribution in [3.05, 3.63) is 265 Å². The average Bonchev–Trinajstić information content (AvgIpc) is 3.85. The van der Waals surface area contributed by atoms with Gasteiger partial charge in [-0.25, -0.2) is 9.97 Å². The van der Waals surface area contributed by atoms with Crippen LogP contribution in [0.15, 0.2) is 243 Å². The molecule has 65 heavy (non-hydrogen) atoms. The number of aromatic nitrogens is 2. The fraction of sp³-hybridized carbons (Fsp3) is 0.0159. The van der Waals surface area contributed by atoms with Crippen molar-refractivity contribution in [3.8, 4) is 89.5 Å². The molecule has 2 heteroatoms. The number of nitrogens with zero attached hydrogens (tertiary/aromatic N) is 2. The van der Waals surface area contributed by atoms with E-state index in [1.54, 1.807) is 0 Å². The van der Waals surface area contributed by atoms with Crippen LogP contribution in [0.5, 0.6) is 0 Å². The van der Waals surface area contributed by atoms with Gasteiger partial charge in [-0.15, -0.1) is 0 Å². The zero-order chi connectivity index (χ0) is 42.9. The topological polar surface area (TPSA) is 25.8 Å². The molecule has 10 aromatic carbocycles. The maximum atomic E-state index is 5.14. The lowest BCUT2D eigenvalue weighted by molar-refractivity contribution is 0.794. The quantitative estimate of drug-likeness (QED) is 0.167. The predicted molar refractivity (Wildman–Crippen MR) is 268 cm³/mol. The summed E-state index contributed by atoms with van der Waals surface area (Å²) in [6, 6.07) is 88.3. The molecular formula is C63H40N2. The molecule has 2 nitrogen and oxygen atoms in total. The van der Waals surface area contributed by atoms with Crippen LogP contribution in [0.3, 0.4) is 0 Å². The highest BCUT2D eigenvalue weighted by Crippen LogP contribution is 2.63. The van der Waals surface area contributed by atoms with E-state index in [2.05, 4.69) is 231 Å². The smallest absolute Gasteiger partial charge is 0.160 e. The van der Waals surface area contributed by atoms with E-state index in [1.165, 1.54) is 77.5 Å². The van der Waals surface area contributed by atoms with Gasteiger partial charge in [0.25, 0.3) is 0 Å². The summed E-state index contributed by atoms with van der Waals surface area (Å²) in [4.78, 5) is 10.3. The molecule has 1 aromatic heterocycles. The van der Waals surface area contributed by atoms with Crippen LogP contribution in [0.25, 0.3) is 100 Å². The molecule has 1 spiro atoms. The summed E-state index contributed by atoms with van der Waals surface area (Å²) in [6.45, 7) is 0. The van der Waals surface area contributed by atoms with E-state index in [4.69, 9.17) is 9.97 Å². The maximum Gasteiger partial charge on any atom is 0.160 e. The van der Waals surface area contributed by atoms with E-state index >= 15 is 0 Å². The molecule has 0 aliphatic heterocycles. The molecule has 0 N–H and O–H groups in total. The van der Waals surface area contributed by atoms with Crippen molar-refractivity contribution in [2.24, 2.45) is 0 Å². The van der Waals surface area contributed by atoms with Gasteiger partial charge in [-0.3, -0.25) is 0 Å². The van der Waals surface area contributed by atoms with E-state index in [0.29, 0.717) is 5.82 Å². The summed E-state index contributed by atoms with van der Waals surface area (Å²) < 4.78 is 0. The maximum absolute atomic E-state index is 5.14. The molecule has 302 valence electrons. The summed E-state index contributed by atoms with van der Waals surface area (Å²) >= 11 is 0. The molecular weight excluding hydrogens is 785 g/mol. The molecule has 0 atom stereocenters. The lowest BCUT2D eigenvalue weighted by Crippen LogP contribution is -2.25. The lowest BCUT2D eigenvalue weighted by Gasteiger charge is -2.31. The van der Waals surface area contributed by atoms with Crippen molar-refractivity contribution in [1.82, 2.24) is 9.97 Å². The highest BCUT2D eigenvalue weighted by atomic mass is 14.9. The van der Waals surface area contributed by atoms with Gasteiger partial charge in [-0.1, -0.05) is 218 Å². The molecule has 0 radical (unpaired) electrons. The molecule has 0 saturated carbocycles. The molecule has 0 amide bonds. The largest absolute Gasteiger partial charge is 0.228 e. The van der Waals surface area contributed by atoms with Crippen molar-refractivity contribution in [2.75, 3.05) is 0 Å². The zero-order valence-corrected chi connectivity index (χ0v) is 35.5. The Morgan fingerprint density at radius 1 is 0.246 bits per heavy atom. The van der Waals surface area contributed by atoms with Crippen LogP contribution >= 0.6 is 0 Å². The third-order valence-electron chi connectivity index (χ3n) is 13.7. The average molecular weight is 825 g/mol. The number of fused-ring (bicyclic) bond motifs is 11. The molecule has 0 saturated heterocycles. The Labute approximate surface area is 378 Å². The molecule has 1 heterocycles. The van der Waals surface area contributed by atoms with Gasteiger partial charge in [0.05, 0.1) is 16.8 Å². The highest BCUT2D eigenvalue weighted by molar-refractivity contribution is 6.04. The monoisotopic (exact) mass is 824 g/mol. The first-order chi connectivity index (χ1) is 32.2. The van der Waals surface area contributed by atoms with Crippen LogP contribution in [-0.4, -0.2) is 9.97 Å². The minimum absolute atomic E-state index is 0.439. The van der Waals surface area contributed by atoms with Crippen LogP contribution in [-0.2, 0) is 5.41 Å². The summed E-state index contributed by atoms with van der Waals surface area (Å²) in [6.07, 6.45) is 0. The van der Waals surface area contributed by atoms with Crippen LogP contribution in [0.1, 0.15) is 22.3 Å². The summed E-state index contributed by atoms with van der Waals surface area (Å²) in [7, 11) is 0. The van der Waals surface area contributed by atoms with Gasteiger partial charge in [-0.05, 0) is 113 Å². The summed E-state index contributed by atoms with van der Waals surface area (Å²) in [5.74, 6) is 0.700. The predicted octanol–water partition coefficient (Wildman–Crippen LogP) is 16.0. The third-order valence-corrected chi connectivity index (χ3v) is 13.7. The second-order valence-corrected chi connectivity index (χ2v) is 17.2. The highest BCUT2D eigenvalue weighted by Gasteiger charge is 2.51. The van der Waals surface area contributed by atoms with Crippen LogP contribution < -0.4 is 0 Å². The van der Waals surface area contributed by atoms with E-state index in [9.17, 15) is 0 Å². The van der Waals surface area contributed by atoms with Gasteiger partial charge in [0.2, 0.25) is 0 Å². The Bertz CT molecular complexity index is 3540. The standard InChI is InChI=1S/C63H40N2/c1-3-18-44(19-4-1)60-40-61(45-20-5-2-6-21-45)65-62(64-60)47-24-15-23-46(37-47)41-33-35-43(36-34-41)53-39-59-55(38-54(53)49-29-16-22-42-17-7-8-25-48(42)49)52-28-11-14-32-58(52)63(59)56-30-12-9-26-50(56)51-27-10-13-31-57(51)63/h1-40H.